The fourth-order valence-corrected chi connectivity index (χ4v) is 6.55. The van der Waals surface area contributed by atoms with Gasteiger partial charge in [-0.25, -0.2) is 26.5 Å². The van der Waals surface area contributed by atoms with Gasteiger partial charge in [-0.3, -0.25) is 0 Å². The normalized spacial score (nSPS) is 13.9. The second-order valence-electron chi connectivity index (χ2n) is 9.50. The number of sulfonamides is 1. The van der Waals surface area contributed by atoms with Crippen LogP contribution in [-0.2, 0) is 22.7 Å². The van der Waals surface area contributed by atoms with Crippen molar-refractivity contribution in [1.82, 2.24) is 9.36 Å². The first-order valence-electron chi connectivity index (χ1n) is 12.6. The second kappa shape index (κ2) is 12.0. The average Bonchev–Trinajstić information content (AvgIpc) is 3.49. The van der Waals surface area contributed by atoms with Gasteiger partial charge < -0.3 is 24.2 Å². The van der Waals surface area contributed by atoms with Crippen molar-refractivity contribution in [3.05, 3.63) is 77.6 Å². The molecule has 0 radical (unpaired) electrons. The number of alkyl halides is 3. The number of hydrogen-bond donors (Lipinski definition) is 1. The minimum Gasteiger partial charge on any atom is -0.497 e. The smallest absolute Gasteiger partial charge is 0.416 e. The highest BCUT2D eigenvalue weighted by atomic mass is 32.2. The fourth-order valence-electron chi connectivity index (χ4n) is 4.36. The highest BCUT2D eigenvalue weighted by Gasteiger charge is 2.35. The minimum atomic E-state index is -4.85. The molecule has 2 heterocycles. The van der Waals surface area contributed by atoms with Gasteiger partial charge in [-0.15, -0.1) is 0 Å². The molecular formula is C27H23F5N4O6S2. The summed E-state index contributed by atoms with van der Waals surface area (Å²) in [6.45, 7) is -0.268. The standard InChI is InChI=1S/C27H23F5N4O6S2/c1-40-19-4-3-15(23(8-19)41-2)11-36(26-33-14-34-43-26)44(38,39)25-10-21(28)24(9-22(25)29)42-20-6-16(27(30,31)32)5-17(7-20)35-12-18(37)13-35/h3-10,14,18,37H,11-13H2,1-2H3. The van der Waals surface area contributed by atoms with Crippen molar-refractivity contribution in [2.24, 2.45) is 0 Å². The molecule has 1 aliphatic heterocycles. The summed E-state index contributed by atoms with van der Waals surface area (Å²) in [6, 6.07) is 8.00. The van der Waals surface area contributed by atoms with Crippen LogP contribution in [0.4, 0.5) is 32.8 Å². The largest absolute Gasteiger partial charge is 0.497 e. The molecular weight excluding hydrogens is 635 g/mol. The third kappa shape index (κ3) is 6.34. The zero-order valence-electron chi connectivity index (χ0n) is 22.9. The Hall–Kier alpha value is -4.22. The maximum absolute atomic E-state index is 15.5. The van der Waals surface area contributed by atoms with E-state index in [4.69, 9.17) is 14.2 Å². The number of aromatic nitrogens is 2. The lowest BCUT2D eigenvalue weighted by atomic mass is 10.1. The summed E-state index contributed by atoms with van der Waals surface area (Å²) in [5.41, 5.74) is -0.738. The van der Waals surface area contributed by atoms with Gasteiger partial charge in [0, 0.05) is 60.1 Å². The molecule has 0 amide bonds. The number of ether oxygens (including phenoxy) is 3. The lowest BCUT2D eigenvalue weighted by molar-refractivity contribution is -0.137. The number of aliphatic hydroxyl groups excluding tert-OH is 1. The Labute approximate surface area is 252 Å². The second-order valence-corrected chi connectivity index (χ2v) is 12.1. The van der Waals surface area contributed by atoms with E-state index in [1.807, 2.05) is 0 Å². The first-order valence-corrected chi connectivity index (χ1v) is 14.8. The van der Waals surface area contributed by atoms with E-state index >= 15 is 8.78 Å². The van der Waals surface area contributed by atoms with Gasteiger partial charge in [-0.1, -0.05) is 0 Å². The molecule has 0 bridgehead atoms. The summed E-state index contributed by atoms with van der Waals surface area (Å²) in [6.07, 6.45) is -4.42. The Balaban J connectivity index is 1.50. The Morgan fingerprint density at radius 1 is 1.00 bits per heavy atom. The topological polar surface area (TPSA) is 114 Å². The Morgan fingerprint density at radius 2 is 1.75 bits per heavy atom. The van der Waals surface area contributed by atoms with Gasteiger partial charge in [0.25, 0.3) is 10.0 Å². The number of benzene rings is 3. The zero-order valence-corrected chi connectivity index (χ0v) is 24.5. The van der Waals surface area contributed by atoms with Crippen molar-refractivity contribution in [3.8, 4) is 23.0 Å². The van der Waals surface area contributed by atoms with Crippen molar-refractivity contribution in [3.63, 3.8) is 0 Å². The molecule has 0 atom stereocenters. The SMILES string of the molecule is COc1ccc(CN(c2ncns2)S(=O)(=O)c2cc(F)c(Oc3cc(N4CC(O)C4)cc(C(F)(F)F)c3)cc2F)c(OC)c1. The highest BCUT2D eigenvalue weighted by molar-refractivity contribution is 7.93. The summed E-state index contributed by atoms with van der Waals surface area (Å²) < 4.78 is 119. The van der Waals surface area contributed by atoms with Gasteiger partial charge >= 0.3 is 6.18 Å². The molecule has 5 rings (SSSR count). The minimum absolute atomic E-state index is 0.0434. The van der Waals surface area contributed by atoms with Crippen LogP contribution < -0.4 is 23.4 Å². The van der Waals surface area contributed by atoms with E-state index in [-0.39, 0.29) is 29.7 Å². The molecule has 0 unspecified atom stereocenters. The van der Waals surface area contributed by atoms with Crippen LogP contribution in [-0.4, -0.2) is 56.3 Å². The quantitative estimate of drug-likeness (QED) is 0.229. The number of hydrogen-bond acceptors (Lipinski definition) is 10. The molecule has 1 fully saturated rings. The van der Waals surface area contributed by atoms with Crippen LogP contribution in [0.15, 0.2) is 59.8 Å². The van der Waals surface area contributed by atoms with Gasteiger partial charge in [0.15, 0.2) is 11.6 Å². The maximum atomic E-state index is 15.5. The van der Waals surface area contributed by atoms with Gasteiger partial charge in [-0.05, 0) is 24.3 Å². The van der Waals surface area contributed by atoms with Crippen LogP contribution in [0, 0.1) is 11.6 Å². The third-order valence-electron chi connectivity index (χ3n) is 6.60. The molecule has 44 heavy (non-hydrogen) atoms. The van der Waals surface area contributed by atoms with E-state index in [0.29, 0.717) is 45.3 Å². The van der Waals surface area contributed by atoms with Crippen LogP contribution in [0.1, 0.15) is 11.1 Å². The van der Waals surface area contributed by atoms with Crippen LogP contribution in [0.25, 0.3) is 0 Å². The van der Waals surface area contributed by atoms with Crippen molar-refractivity contribution in [1.29, 1.82) is 0 Å². The van der Waals surface area contributed by atoms with E-state index in [1.165, 1.54) is 37.3 Å². The van der Waals surface area contributed by atoms with E-state index in [1.54, 1.807) is 6.07 Å². The monoisotopic (exact) mass is 658 g/mol. The predicted octanol–water partition coefficient (Wildman–Crippen LogP) is 5.22. The summed E-state index contributed by atoms with van der Waals surface area (Å²) in [5.74, 6) is -3.45. The molecule has 4 aromatic rings. The molecule has 234 valence electrons. The van der Waals surface area contributed by atoms with Gasteiger partial charge in [0.05, 0.1) is 32.4 Å². The molecule has 17 heteroatoms. The molecule has 0 saturated carbocycles. The van der Waals surface area contributed by atoms with Crippen molar-refractivity contribution < 1.29 is 49.7 Å². The number of methoxy groups -OCH3 is 2. The molecule has 10 nitrogen and oxygen atoms in total. The lowest BCUT2D eigenvalue weighted by Crippen LogP contribution is -2.50. The van der Waals surface area contributed by atoms with E-state index in [9.17, 15) is 26.7 Å². The van der Waals surface area contributed by atoms with E-state index in [2.05, 4.69) is 9.36 Å². The maximum Gasteiger partial charge on any atom is 0.416 e. The summed E-state index contributed by atoms with van der Waals surface area (Å²) >= 11 is 0.689. The van der Waals surface area contributed by atoms with Gasteiger partial charge in [0.1, 0.15) is 34.3 Å². The molecule has 1 N–H and O–H groups in total. The number of anilines is 2. The molecule has 0 aliphatic carbocycles. The lowest BCUT2D eigenvalue weighted by Gasteiger charge is -2.38. The molecule has 1 aliphatic rings. The predicted molar refractivity (Wildman–Crippen MR) is 149 cm³/mol. The first-order chi connectivity index (χ1) is 20.8. The number of halogens is 5. The summed E-state index contributed by atoms with van der Waals surface area (Å²) in [4.78, 5) is 4.29. The average molecular weight is 659 g/mol. The zero-order chi connectivity index (χ0) is 31.8. The first kappa shape index (κ1) is 31.2. The van der Waals surface area contributed by atoms with Gasteiger partial charge in [-0.2, -0.15) is 17.5 Å². The molecule has 3 aromatic carbocycles. The van der Waals surface area contributed by atoms with Crippen LogP contribution in [0.2, 0.25) is 0 Å². The molecule has 0 spiro atoms. The fraction of sp³-hybridized carbons (Fsp3) is 0.259. The van der Waals surface area contributed by atoms with Crippen LogP contribution >= 0.6 is 11.5 Å². The van der Waals surface area contributed by atoms with Crippen molar-refractivity contribution >= 4 is 32.4 Å². The van der Waals surface area contributed by atoms with Crippen LogP contribution in [0.3, 0.4) is 0 Å². The Morgan fingerprint density at radius 3 is 2.36 bits per heavy atom. The number of nitrogens with zero attached hydrogens (tertiary/aromatic N) is 4. The highest BCUT2D eigenvalue weighted by Crippen LogP contribution is 2.39. The number of β-amino-alcohol motifs (C(OH)–C–C–N with tert-alkyl or cyclic N) is 1. The van der Waals surface area contributed by atoms with E-state index < -0.39 is 62.4 Å². The summed E-state index contributed by atoms with van der Waals surface area (Å²) in [7, 11) is -2.06. The Kier molecular flexibility index (Phi) is 8.55. The van der Waals surface area contributed by atoms with Crippen molar-refractivity contribution in [2.45, 2.75) is 23.7 Å². The third-order valence-corrected chi connectivity index (χ3v) is 9.15. The number of rotatable bonds is 10. The molecule has 1 aromatic heterocycles. The number of aliphatic hydroxyl groups is 1. The van der Waals surface area contributed by atoms with Crippen LogP contribution in [0.5, 0.6) is 23.0 Å². The van der Waals surface area contributed by atoms with E-state index in [0.717, 1.165) is 12.4 Å². The Bertz CT molecular complexity index is 1770. The van der Waals surface area contributed by atoms with Gasteiger partial charge in [0.2, 0.25) is 5.13 Å². The summed E-state index contributed by atoms with van der Waals surface area (Å²) in [5, 5.41) is 9.39. The van der Waals surface area contributed by atoms with Crippen molar-refractivity contribution in [2.75, 3.05) is 36.5 Å². The molecule has 1 saturated heterocycles.